The molecule has 0 radical (unpaired) electrons. The maximum atomic E-state index is 2.35. The van der Waals surface area contributed by atoms with Crippen LogP contribution in [0, 0.1) is 6.92 Å². The van der Waals surface area contributed by atoms with Crippen molar-refractivity contribution in [3.63, 3.8) is 0 Å². The Morgan fingerprint density at radius 2 is 1.69 bits per heavy atom. The van der Waals surface area contributed by atoms with E-state index in [0.29, 0.717) is 0 Å². The highest BCUT2D eigenvalue weighted by Gasteiger charge is 1.97. The van der Waals surface area contributed by atoms with Gasteiger partial charge in [-0.1, -0.05) is 61.7 Å². The first-order valence-electron chi connectivity index (χ1n) is 6.29. The fourth-order valence-corrected chi connectivity index (χ4v) is 2.15. The van der Waals surface area contributed by atoms with Crippen LogP contribution in [0.15, 0.2) is 36.4 Å². The van der Waals surface area contributed by atoms with Crippen LogP contribution >= 0.6 is 0 Å². The molecular weight excluding hydrogens is 192 g/mol. The molecule has 0 N–H and O–H groups in total. The summed E-state index contributed by atoms with van der Waals surface area (Å²) >= 11 is 0. The Bertz CT molecular complexity index is 468. The van der Waals surface area contributed by atoms with Crippen molar-refractivity contribution < 1.29 is 0 Å². The minimum absolute atomic E-state index is 1.22. The molecule has 0 fully saturated rings. The van der Waals surface area contributed by atoms with Crippen molar-refractivity contribution in [1.29, 1.82) is 0 Å². The van der Waals surface area contributed by atoms with Crippen LogP contribution in [0.2, 0.25) is 0 Å². The summed E-state index contributed by atoms with van der Waals surface area (Å²) in [5.41, 5.74) is 2.82. The second-order valence-corrected chi connectivity index (χ2v) is 4.64. The Kier molecular flexibility index (Phi) is 3.61. The van der Waals surface area contributed by atoms with Crippen molar-refractivity contribution in [2.24, 2.45) is 0 Å². The van der Waals surface area contributed by atoms with E-state index in [-0.39, 0.29) is 0 Å². The molecule has 0 aliphatic carbocycles. The second kappa shape index (κ2) is 5.16. The minimum atomic E-state index is 1.22. The number of fused-ring (bicyclic) bond motifs is 1. The van der Waals surface area contributed by atoms with Gasteiger partial charge in [-0.25, -0.2) is 0 Å². The Balaban J connectivity index is 2.21. The van der Waals surface area contributed by atoms with Crippen LogP contribution in [0.25, 0.3) is 10.8 Å². The molecule has 0 nitrogen and oxygen atoms in total. The molecule has 0 amide bonds. The molecule has 0 saturated heterocycles. The number of rotatable bonds is 4. The maximum Gasteiger partial charge on any atom is -0.0179 e. The largest absolute Gasteiger partial charge is 0.0654 e. The van der Waals surface area contributed by atoms with Gasteiger partial charge in [0.15, 0.2) is 0 Å². The summed E-state index contributed by atoms with van der Waals surface area (Å²) in [6.45, 7) is 4.41. The van der Waals surface area contributed by atoms with Gasteiger partial charge in [-0.3, -0.25) is 0 Å². The van der Waals surface area contributed by atoms with Gasteiger partial charge in [-0.05, 0) is 36.1 Å². The lowest BCUT2D eigenvalue weighted by molar-refractivity contribution is 0.718. The number of benzene rings is 2. The van der Waals surface area contributed by atoms with E-state index >= 15 is 0 Å². The summed E-state index contributed by atoms with van der Waals surface area (Å²) < 4.78 is 0. The molecule has 84 valence electrons. The van der Waals surface area contributed by atoms with Gasteiger partial charge < -0.3 is 0 Å². The van der Waals surface area contributed by atoms with Crippen LogP contribution in [0.4, 0.5) is 0 Å². The van der Waals surface area contributed by atoms with Crippen molar-refractivity contribution in [1.82, 2.24) is 0 Å². The third kappa shape index (κ3) is 2.63. The summed E-state index contributed by atoms with van der Waals surface area (Å²) in [5, 5.41) is 2.74. The summed E-state index contributed by atoms with van der Waals surface area (Å²) in [7, 11) is 0. The molecule has 2 aromatic carbocycles. The lowest BCUT2D eigenvalue weighted by Gasteiger charge is -2.04. The molecule has 2 aromatic rings. The van der Waals surface area contributed by atoms with Crippen LogP contribution in [-0.4, -0.2) is 0 Å². The monoisotopic (exact) mass is 212 g/mol. The van der Waals surface area contributed by atoms with Crippen molar-refractivity contribution in [2.75, 3.05) is 0 Å². The van der Waals surface area contributed by atoms with Gasteiger partial charge in [0.05, 0.1) is 0 Å². The lowest BCUT2D eigenvalue weighted by Crippen LogP contribution is -1.86. The van der Waals surface area contributed by atoms with Crippen molar-refractivity contribution in [3.05, 3.63) is 47.5 Å². The first kappa shape index (κ1) is 11.2. The Labute approximate surface area is 98.3 Å². The second-order valence-electron chi connectivity index (χ2n) is 4.64. The van der Waals surface area contributed by atoms with Gasteiger partial charge in [0.2, 0.25) is 0 Å². The predicted molar refractivity (Wildman–Crippen MR) is 71.9 cm³/mol. The molecule has 0 spiro atoms. The zero-order valence-corrected chi connectivity index (χ0v) is 10.3. The van der Waals surface area contributed by atoms with Crippen molar-refractivity contribution >= 4 is 10.8 Å². The summed E-state index contributed by atoms with van der Waals surface area (Å²) in [6.07, 6.45) is 5.17. The van der Waals surface area contributed by atoms with Crippen LogP contribution in [0.1, 0.15) is 37.3 Å². The third-order valence-electron chi connectivity index (χ3n) is 3.13. The maximum absolute atomic E-state index is 2.35. The average Bonchev–Trinajstić information content (AvgIpc) is 2.29. The Morgan fingerprint density at radius 3 is 2.50 bits per heavy atom. The molecule has 2 rings (SSSR count). The smallest absolute Gasteiger partial charge is 0.0179 e. The van der Waals surface area contributed by atoms with Crippen LogP contribution in [-0.2, 0) is 6.42 Å². The van der Waals surface area contributed by atoms with Crippen LogP contribution < -0.4 is 0 Å². The van der Waals surface area contributed by atoms with Gasteiger partial charge in [-0.15, -0.1) is 0 Å². The number of unbranched alkanes of at least 4 members (excludes halogenated alkanes) is 2. The molecule has 0 aliphatic rings. The predicted octanol–water partition coefficient (Wildman–Crippen LogP) is 4.88. The number of aryl methyl sites for hydroxylation is 2. The highest BCUT2D eigenvalue weighted by molar-refractivity contribution is 5.83. The topological polar surface area (TPSA) is 0 Å². The van der Waals surface area contributed by atoms with Crippen molar-refractivity contribution in [3.8, 4) is 0 Å². The van der Waals surface area contributed by atoms with E-state index in [9.17, 15) is 0 Å². The van der Waals surface area contributed by atoms with Gasteiger partial charge >= 0.3 is 0 Å². The zero-order valence-electron chi connectivity index (χ0n) is 10.3. The Morgan fingerprint density at radius 1 is 0.875 bits per heavy atom. The molecule has 0 heterocycles. The summed E-state index contributed by atoms with van der Waals surface area (Å²) in [4.78, 5) is 0. The first-order valence-corrected chi connectivity index (χ1v) is 6.29. The van der Waals surface area contributed by atoms with Gasteiger partial charge in [0.1, 0.15) is 0 Å². The third-order valence-corrected chi connectivity index (χ3v) is 3.13. The van der Waals surface area contributed by atoms with Crippen LogP contribution in [0.5, 0.6) is 0 Å². The highest BCUT2D eigenvalue weighted by Crippen LogP contribution is 2.18. The number of hydrogen-bond acceptors (Lipinski definition) is 0. The normalized spacial score (nSPS) is 10.9. The molecule has 0 bridgehead atoms. The van der Waals surface area contributed by atoms with E-state index in [0.717, 1.165) is 0 Å². The number of hydrogen-bond donors (Lipinski definition) is 0. The SMILES string of the molecule is CCCCCc1ccc2ccc(C)cc2c1. The highest BCUT2D eigenvalue weighted by atomic mass is 14.0. The first-order chi connectivity index (χ1) is 7.79. The van der Waals surface area contributed by atoms with Gasteiger partial charge in [0, 0.05) is 0 Å². The summed E-state index contributed by atoms with van der Waals surface area (Å²) in [5.74, 6) is 0. The standard InChI is InChI=1S/C16H20/c1-3-4-5-6-14-8-10-15-9-7-13(2)11-16(15)12-14/h7-12H,3-6H2,1-2H3. The average molecular weight is 212 g/mol. The summed E-state index contributed by atoms with van der Waals surface area (Å²) in [6, 6.07) is 13.5. The van der Waals surface area contributed by atoms with E-state index in [2.05, 4.69) is 50.2 Å². The quantitative estimate of drug-likeness (QED) is 0.633. The van der Waals surface area contributed by atoms with Gasteiger partial charge in [0.25, 0.3) is 0 Å². The molecule has 0 unspecified atom stereocenters. The van der Waals surface area contributed by atoms with E-state index in [1.165, 1.54) is 47.6 Å². The van der Waals surface area contributed by atoms with Gasteiger partial charge in [-0.2, -0.15) is 0 Å². The van der Waals surface area contributed by atoms with E-state index in [1.54, 1.807) is 0 Å². The fourth-order valence-electron chi connectivity index (χ4n) is 2.15. The molecule has 0 aliphatic heterocycles. The Hall–Kier alpha value is -1.30. The zero-order chi connectivity index (χ0) is 11.4. The van der Waals surface area contributed by atoms with E-state index in [4.69, 9.17) is 0 Å². The van der Waals surface area contributed by atoms with Crippen LogP contribution in [0.3, 0.4) is 0 Å². The molecule has 0 heteroatoms. The van der Waals surface area contributed by atoms with E-state index < -0.39 is 0 Å². The molecule has 0 atom stereocenters. The molecule has 0 aromatic heterocycles. The van der Waals surface area contributed by atoms with Crippen molar-refractivity contribution in [2.45, 2.75) is 39.5 Å². The molecule has 0 saturated carbocycles. The van der Waals surface area contributed by atoms with E-state index in [1.807, 2.05) is 0 Å². The minimum Gasteiger partial charge on any atom is -0.0654 e. The lowest BCUT2D eigenvalue weighted by atomic mass is 10.0. The fraction of sp³-hybridized carbons (Fsp3) is 0.375. The molecular formula is C16H20. The molecule has 16 heavy (non-hydrogen) atoms.